The van der Waals surface area contributed by atoms with E-state index in [9.17, 15) is 9.59 Å². The molecule has 2 atom stereocenters. The molecule has 0 N–H and O–H groups in total. The topological polar surface area (TPSA) is 87.2 Å². The lowest BCUT2D eigenvalue weighted by Crippen LogP contribution is -2.63. The molecule has 41 heavy (non-hydrogen) atoms. The van der Waals surface area contributed by atoms with Gasteiger partial charge in [0.1, 0.15) is 17.9 Å². The third kappa shape index (κ3) is 9.10. The van der Waals surface area contributed by atoms with Crippen LogP contribution in [-0.4, -0.2) is 59.0 Å². The minimum absolute atomic E-state index is 0.00385. The molecule has 0 saturated heterocycles. The highest BCUT2D eigenvalue weighted by atomic mass is 19.1. The summed E-state index contributed by atoms with van der Waals surface area (Å²) in [6, 6.07) is 13.1. The van der Waals surface area contributed by atoms with E-state index in [1.165, 1.54) is 26.5 Å². The van der Waals surface area contributed by atoms with Crippen molar-refractivity contribution >= 4 is 17.6 Å². The maximum Gasteiger partial charge on any atom is 0.411 e. The van der Waals surface area contributed by atoms with E-state index in [0.717, 1.165) is 22.4 Å². The Balaban J connectivity index is 1.94. The summed E-state index contributed by atoms with van der Waals surface area (Å²) in [6.45, 7) is 10.9. The predicted octanol–water partition coefficient (Wildman–Crippen LogP) is 6.48. The number of nitrogens with zero attached hydrogens (tertiary/aromatic N) is 2. The van der Waals surface area contributed by atoms with Crippen molar-refractivity contribution in [2.24, 2.45) is 5.92 Å². The van der Waals surface area contributed by atoms with Gasteiger partial charge in [-0.2, -0.15) is 4.89 Å². The second-order valence-electron chi connectivity index (χ2n) is 12.2. The summed E-state index contributed by atoms with van der Waals surface area (Å²) in [4.78, 5) is 43.7. The standard InChI is InChI=1S/C32H43FN2O6/c1-23(19-27-14-13-26(20-34-27)25-15-17-38-18-16-25)32(22-31(5,6)33,35(7)29(37)40-30(2,3)4)28(36)41-39-21-24-11-9-8-10-12-24/h8-15,20,23H,16-19,21-22H2,1-7H3/t23?,32-/m0/s1. The molecule has 224 valence electrons. The number of alkyl halides is 1. The van der Waals surface area contributed by atoms with Crippen LogP contribution >= 0.6 is 0 Å². The number of rotatable bonds is 11. The van der Waals surface area contributed by atoms with Gasteiger partial charge >= 0.3 is 12.1 Å². The van der Waals surface area contributed by atoms with Crippen LogP contribution in [0.2, 0.25) is 0 Å². The van der Waals surface area contributed by atoms with E-state index in [1.54, 1.807) is 33.9 Å². The number of aromatic nitrogens is 1. The molecule has 1 aromatic carbocycles. The lowest BCUT2D eigenvalue weighted by atomic mass is 9.74. The first kappa shape index (κ1) is 32.2. The first-order valence-corrected chi connectivity index (χ1v) is 14.0. The van der Waals surface area contributed by atoms with Gasteiger partial charge in [-0.05, 0) is 76.1 Å². The molecule has 0 spiro atoms. The Bertz CT molecular complexity index is 1190. The largest absolute Gasteiger partial charge is 0.444 e. The molecular weight excluding hydrogens is 527 g/mol. The number of carbonyl (C=O) groups excluding carboxylic acids is 2. The molecule has 9 heteroatoms. The molecule has 0 fully saturated rings. The van der Waals surface area contributed by atoms with Crippen LogP contribution in [-0.2, 0) is 37.1 Å². The smallest absolute Gasteiger partial charge is 0.411 e. The molecule has 2 aromatic rings. The average Bonchev–Trinajstić information content (AvgIpc) is 2.91. The maximum absolute atomic E-state index is 15.5. The van der Waals surface area contributed by atoms with E-state index in [2.05, 4.69) is 4.98 Å². The van der Waals surface area contributed by atoms with E-state index < -0.39 is 34.8 Å². The van der Waals surface area contributed by atoms with E-state index in [0.29, 0.717) is 18.9 Å². The molecular formula is C32H43FN2O6. The van der Waals surface area contributed by atoms with Gasteiger partial charge in [-0.15, -0.1) is 0 Å². The van der Waals surface area contributed by atoms with Gasteiger partial charge in [-0.1, -0.05) is 49.4 Å². The molecule has 1 unspecified atom stereocenters. The average molecular weight is 571 g/mol. The molecule has 0 radical (unpaired) electrons. The third-order valence-corrected chi connectivity index (χ3v) is 7.00. The van der Waals surface area contributed by atoms with Gasteiger partial charge in [-0.3, -0.25) is 14.8 Å². The Morgan fingerprint density at radius 3 is 2.37 bits per heavy atom. The zero-order chi connectivity index (χ0) is 30.3. The summed E-state index contributed by atoms with van der Waals surface area (Å²) in [6.07, 6.45) is 3.77. The normalized spacial score (nSPS) is 16.2. The Morgan fingerprint density at radius 2 is 1.80 bits per heavy atom. The number of halogens is 1. The van der Waals surface area contributed by atoms with Crippen LogP contribution in [0.3, 0.4) is 0 Å². The highest BCUT2D eigenvalue weighted by molar-refractivity contribution is 5.86. The Morgan fingerprint density at radius 1 is 1.10 bits per heavy atom. The Kier molecular flexibility index (Phi) is 10.7. The fraction of sp³-hybridized carbons (Fsp3) is 0.531. The molecule has 1 aliphatic rings. The van der Waals surface area contributed by atoms with Crippen LogP contribution in [0.25, 0.3) is 5.57 Å². The van der Waals surface area contributed by atoms with Crippen molar-refractivity contribution in [2.45, 2.75) is 84.2 Å². The number of hydrogen-bond donors (Lipinski definition) is 0. The Hall–Kier alpha value is -3.30. The van der Waals surface area contributed by atoms with Gasteiger partial charge in [-0.25, -0.2) is 14.0 Å². The zero-order valence-corrected chi connectivity index (χ0v) is 25.2. The molecule has 0 saturated carbocycles. The van der Waals surface area contributed by atoms with Crippen LogP contribution in [0.1, 0.15) is 71.2 Å². The van der Waals surface area contributed by atoms with Crippen molar-refractivity contribution in [1.82, 2.24) is 9.88 Å². The third-order valence-electron chi connectivity index (χ3n) is 7.00. The number of likely N-dealkylation sites (N-methyl/N-ethyl adjacent to an activating group) is 1. The van der Waals surface area contributed by atoms with Crippen molar-refractivity contribution in [3.8, 4) is 0 Å². The van der Waals surface area contributed by atoms with Crippen LogP contribution in [0.4, 0.5) is 9.18 Å². The molecule has 3 rings (SSSR count). The summed E-state index contributed by atoms with van der Waals surface area (Å²) in [5.41, 5.74) is -0.826. The molecule has 1 amide bonds. The monoisotopic (exact) mass is 570 g/mol. The summed E-state index contributed by atoms with van der Waals surface area (Å²) >= 11 is 0. The first-order chi connectivity index (χ1) is 19.2. The summed E-state index contributed by atoms with van der Waals surface area (Å²) < 4.78 is 26.5. The second kappa shape index (κ2) is 13.6. The van der Waals surface area contributed by atoms with Gasteiger partial charge in [0, 0.05) is 25.4 Å². The SMILES string of the molecule is CC(Cc1ccc(C2=CCOCC2)cn1)[C@@](CC(C)(C)F)(C(=O)OOCc1ccccc1)N(C)C(=O)OC(C)(C)C. The highest BCUT2D eigenvalue weighted by Gasteiger charge is 2.55. The fourth-order valence-corrected chi connectivity index (χ4v) is 4.97. The van der Waals surface area contributed by atoms with Crippen LogP contribution in [0, 0.1) is 5.92 Å². The van der Waals surface area contributed by atoms with Gasteiger partial charge in [0.15, 0.2) is 5.54 Å². The highest BCUT2D eigenvalue weighted by Crippen LogP contribution is 2.38. The number of amides is 1. The van der Waals surface area contributed by atoms with E-state index in [-0.39, 0.29) is 19.4 Å². The van der Waals surface area contributed by atoms with Crippen molar-refractivity contribution < 1.29 is 33.2 Å². The number of ether oxygens (including phenoxy) is 2. The van der Waals surface area contributed by atoms with Crippen LogP contribution in [0.5, 0.6) is 0 Å². The van der Waals surface area contributed by atoms with Gasteiger partial charge < -0.3 is 9.47 Å². The summed E-state index contributed by atoms with van der Waals surface area (Å²) in [7, 11) is 1.43. The molecule has 1 aromatic heterocycles. The number of pyridine rings is 1. The minimum atomic E-state index is -1.85. The number of carbonyl (C=O) groups is 2. The van der Waals surface area contributed by atoms with E-state index in [1.807, 2.05) is 48.5 Å². The molecule has 0 aliphatic carbocycles. The van der Waals surface area contributed by atoms with Crippen molar-refractivity contribution in [1.29, 1.82) is 0 Å². The van der Waals surface area contributed by atoms with E-state index >= 15 is 4.39 Å². The first-order valence-electron chi connectivity index (χ1n) is 14.0. The molecule has 0 bridgehead atoms. The molecule has 8 nitrogen and oxygen atoms in total. The predicted molar refractivity (Wildman–Crippen MR) is 154 cm³/mol. The Labute approximate surface area is 242 Å². The number of benzene rings is 1. The van der Waals surface area contributed by atoms with Crippen molar-refractivity contribution in [3.63, 3.8) is 0 Å². The summed E-state index contributed by atoms with van der Waals surface area (Å²) in [5.74, 6) is -1.52. The molecule has 2 heterocycles. The van der Waals surface area contributed by atoms with Gasteiger partial charge in [0.05, 0.1) is 13.2 Å². The summed E-state index contributed by atoms with van der Waals surface area (Å²) in [5, 5.41) is 0. The number of hydrogen-bond acceptors (Lipinski definition) is 7. The van der Waals surface area contributed by atoms with E-state index in [4.69, 9.17) is 19.2 Å². The van der Waals surface area contributed by atoms with Gasteiger partial charge in [0.25, 0.3) is 0 Å². The maximum atomic E-state index is 15.5. The van der Waals surface area contributed by atoms with Crippen LogP contribution < -0.4 is 0 Å². The fourth-order valence-electron chi connectivity index (χ4n) is 4.97. The lowest BCUT2D eigenvalue weighted by Gasteiger charge is -2.45. The minimum Gasteiger partial charge on any atom is -0.444 e. The van der Waals surface area contributed by atoms with Crippen LogP contribution in [0.15, 0.2) is 54.7 Å². The zero-order valence-electron chi connectivity index (χ0n) is 25.2. The second-order valence-corrected chi connectivity index (χ2v) is 12.2. The molecule has 1 aliphatic heterocycles. The lowest BCUT2D eigenvalue weighted by molar-refractivity contribution is -0.291. The van der Waals surface area contributed by atoms with Crippen molar-refractivity contribution in [3.05, 3.63) is 71.6 Å². The van der Waals surface area contributed by atoms with Crippen molar-refractivity contribution in [2.75, 3.05) is 20.3 Å². The quantitative estimate of drug-likeness (QED) is 0.226. The van der Waals surface area contributed by atoms with Gasteiger partial charge in [0.2, 0.25) is 0 Å².